The number of ether oxygens (including phenoxy) is 1. The van der Waals surface area contributed by atoms with E-state index in [0.717, 1.165) is 23.6 Å². The molecule has 21 heavy (non-hydrogen) atoms. The Bertz CT molecular complexity index is 612. The smallest absolute Gasteiger partial charge is 0.122 e. The number of halogens is 1. The molecular formula is C18H19ClO2. The maximum atomic E-state index is 9.69. The number of aliphatic hydroxyl groups excluding tert-OH is 1. The first-order valence-corrected chi connectivity index (χ1v) is 7.71. The van der Waals surface area contributed by atoms with Gasteiger partial charge in [0.15, 0.2) is 0 Å². The molecule has 1 heterocycles. The molecule has 1 aliphatic heterocycles. The van der Waals surface area contributed by atoms with E-state index in [4.69, 9.17) is 16.3 Å². The van der Waals surface area contributed by atoms with Gasteiger partial charge in [-0.05, 0) is 42.5 Å². The predicted octanol–water partition coefficient (Wildman–Crippen LogP) is 4.06. The Kier molecular flexibility index (Phi) is 4.47. The standard InChI is InChI=1S/C18H19ClO2/c19-16-5-3-4-13(10-16)8-14(11-20)9-15-12-21-18-7-2-1-6-17(15)18/h1-7,10,14-15,20H,8-9,11-12H2. The number of rotatable bonds is 5. The molecular weight excluding hydrogens is 284 g/mol. The molecule has 0 aliphatic carbocycles. The van der Waals surface area contributed by atoms with Crippen molar-refractivity contribution in [2.24, 2.45) is 5.92 Å². The van der Waals surface area contributed by atoms with Gasteiger partial charge in [-0.1, -0.05) is 41.9 Å². The van der Waals surface area contributed by atoms with Crippen molar-refractivity contribution in [2.45, 2.75) is 18.8 Å². The van der Waals surface area contributed by atoms with E-state index >= 15 is 0 Å². The van der Waals surface area contributed by atoms with Crippen molar-refractivity contribution < 1.29 is 9.84 Å². The maximum Gasteiger partial charge on any atom is 0.122 e. The molecule has 1 N–H and O–H groups in total. The highest BCUT2D eigenvalue weighted by Gasteiger charge is 2.26. The summed E-state index contributed by atoms with van der Waals surface area (Å²) < 4.78 is 5.72. The van der Waals surface area contributed by atoms with E-state index in [-0.39, 0.29) is 12.5 Å². The maximum absolute atomic E-state index is 9.69. The van der Waals surface area contributed by atoms with Crippen LogP contribution < -0.4 is 4.74 Å². The summed E-state index contributed by atoms with van der Waals surface area (Å²) in [6.07, 6.45) is 1.77. The van der Waals surface area contributed by atoms with E-state index in [2.05, 4.69) is 12.1 Å². The fraction of sp³-hybridized carbons (Fsp3) is 0.333. The van der Waals surface area contributed by atoms with Crippen LogP contribution in [-0.2, 0) is 6.42 Å². The number of fused-ring (bicyclic) bond motifs is 1. The summed E-state index contributed by atoms with van der Waals surface area (Å²) >= 11 is 6.03. The number of hydrogen-bond donors (Lipinski definition) is 1. The van der Waals surface area contributed by atoms with E-state index in [1.807, 2.05) is 36.4 Å². The zero-order valence-corrected chi connectivity index (χ0v) is 12.6. The summed E-state index contributed by atoms with van der Waals surface area (Å²) in [5.41, 5.74) is 2.44. The van der Waals surface area contributed by atoms with Crippen LogP contribution in [-0.4, -0.2) is 18.3 Å². The molecule has 2 atom stereocenters. The third kappa shape index (κ3) is 3.39. The number of para-hydroxylation sites is 1. The van der Waals surface area contributed by atoms with Crippen LogP contribution in [0.3, 0.4) is 0 Å². The molecule has 0 aromatic heterocycles. The SMILES string of the molecule is OCC(Cc1cccc(Cl)c1)CC1COc2ccccc21. The van der Waals surface area contributed by atoms with Crippen LogP contribution in [0.2, 0.25) is 5.02 Å². The van der Waals surface area contributed by atoms with Gasteiger partial charge in [0.05, 0.1) is 6.61 Å². The third-order valence-corrected chi connectivity index (χ3v) is 4.32. The largest absolute Gasteiger partial charge is 0.493 e. The van der Waals surface area contributed by atoms with E-state index < -0.39 is 0 Å². The van der Waals surface area contributed by atoms with Crippen molar-refractivity contribution in [3.8, 4) is 5.75 Å². The Balaban J connectivity index is 1.68. The number of hydrogen-bond acceptors (Lipinski definition) is 2. The van der Waals surface area contributed by atoms with Crippen LogP contribution in [0.4, 0.5) is 0 Å². The molecule has 0 bridgehead atoms. The van der Waals surface area contributed by atoms with Gasteiger partial charge in [-0.15, -0.1) is 0 Å². The van der Waals surface area contributed by atoms with Crippen LogP contribution in [0.5, 0.6) is 5.75 Å². The molecule has 2 unspecified atom stereocenters. The molecule has 2 nitrogen and oxygen atoms in total. The molecule has 0 radical (unpaired) electrons. The zero-order valence-electron chi connectivity index (χ0n) is 11.8. The average molecular weight is 303 g/mol. The van der Waals surface area contributed by atoms with Crippen molar-refractivity contribution in [3.63, 3.8) is 0 Å². The Hall–Kier alpha value is -1.51. The summed E-state index contributed by atoms with van der Waals surface area (Å²) in [5.74, 6) is 1.59. The molecule has 1 aliphatic rings. The summed E-state index contributed by atoms with van der Waals surface area (Å²) in [7, 11) is 0. The highest BCUT2D eigenvalue weighted by molar-refractivity contribution is 6.30. The van der Waals surface area contributed by atoms with Gasteiger partial charge in [0, 0.05) is 23.1 Å². The lowest BCUT2D eigenvalue weighted by molar-refractivity contribution is 0.203. The van der Waals surface area contributed by atoms with Gasteiger partial charge in [-0.3, -0.25) is 0 Å². The van der Waals surface area contributed by atoms with Crippen molar-refractivity contribution >= 4 is 11.6 Å². The van der Waals surface area contributed by atoms with Gasteiger partial charge in [0.2, 0.25) is 0 Å². The van der Waals surface area contributed by atoms with Crippen LogP contribution in [0.1, 0.15) is 23.5 Å². The van der Waals surface area contributed by atoms with E-state index in [9.17, 15) is 5.11 Å². The summed E-state index contributed by atoms with van der Waals surface area (Å²) in [6.45, 7) is 0.899. The minimum atomic E-state index is 0.186. The summed E-state index contributed by atoms with van der Waals surface area (Å²) in [6, 6.07) is 16.1. The molecule has 3 rings (SSSR count). The van der Waals surface area contributed by atoms with Crippen molar-refractivity contribution in [2.75, 3.05) is 13.2 Å². The first-order chi connectivity index (χ1) is 10.3. The van der Waals surface area contributed by atoms with Crippen molar-refractivity contribution in [3.05, 3.63) is 64.7 Å². The summed E-state index contributed by atoms with van der Waals surface area (Å²) in [5, 5.41) is 10.4. The average Bonchev–Trinajstić information content (AvgIpc) is 2.90. The van der Waals surface area contributed by atoms with Crippen LogP contribution >= 0.6 is 11.6 Å². The van der Waals surface area contributed by atoms with Crippen molar-refractivity contribution in [1.29, 1.82) is 0 Å². The fourth-order valence-electron chi connectivity index (χ4n) is 3.05. The lowest BCUT2D eigenvalue weighted by atomic mass is 9.87. The molecule has 0 amide bonds. The minimum absolute atomic E-state index is 0.186. The van der Waals surface area contributed by atoms with Crippen LogP contribution in [0.25, 0.3) is 0 Å². The first kappa shape index (κ1) is 14.4. The van der Waals surface area contributed by atoms with Gasteiger partial charge in [0.1, 0.15) is 5.75 Å². The topological polar surface area (TPSA) is 29.5 Å². The second kappa shape index (κ2) is 6.50. The quantitative estimate of drug-likeness (QED) is 0.902. The molecule has 2 aromatic rings. The molecule has 0 saturated carbocycles. The highest BCUT2D eigenvalue weighted by Crippen LogP contribution is 2.37. The van der Waals surface area contributed by atoms with E-state index in [1.165, 1.54) is 11.1 Å². The lowest BCUT2D eigenvalue weighted by Crippen LogP contribution is -2.15. The molecule has 110 valence electrons. The Morgan fingerprint density at radius 1 is 1.19 bits per heavy atom. The Morgan fingerprint density at radius 3 is 2.86 bits per heavy atom. The predicted molar refractivity (Wildman–Crippen MR) is 85.0 cm³/mol. The Labute approximate surface area is 130 Å². The molecule has 0 saturated heterocycles. The fourth-order valence-corrected chi connectivity index (χ4v) is 3.26. The highest BCUT2D eigenvalue weighted by atomic mass is 35.5. The van der Waals surface area contributed by atoms with Crippen LogP contribution in [0.15, 0.2) is 48.5 Å². The molecule has 2 aromatic carbocycles. The zero-order chi connectivity index (χ0) is 14.7. The van der Waals surface area contributed by atoms with Gasteiger partial charge < -0.3 is 9.84 Å². The normalized spacial score (nSPS) is 18.1. The van der Waals surface area contributed by atoms with E-state index in [0.29, 0.717) is 12.5 Å². The monoisotopic (exact) mass is 302 g/mol. The summed E-state index contributed by atoms with van der Waals surface area (Å²) in [4.78, 5) is 0. The van der Waals surface area contributed by atoms with Gasteiger partial charge in [-0.25, -0.2) is 0 Å². The lowest BCUT2D eigenvalue weighted by Gasteiger charge is -2.18. The van der Waals surface area contributed by atoms with Crippen molar-refractivity contribution in [1.82, 2.24) is 0 Å². The van der Waals surface area contributed by atoms with Gasteiger partial charge >= 0.3 is 0 Å². The van der Waals surface area contributed by atoms with Gasteiger partial charge in [-0.2, -0.15) is 0 Å². The van der Waals surface area contributed by atoms with Crippen LogP contribution in [0, 0.1) is 5.92 Å². The third-order valence-electron chi connectivity index (χ3n) is 4.09. The van der Waals surface area contributed by atoms with E-state index in [1.54, 1.807) is 0 Å². The first-order valence-electron chi connectivity index (χ1n) is 7.33. The van der Waals surface area contributed by atoms with Gasteiger partial charge in [0.25, 0.3) is 0 Å². The second-order valence-corrected chi connectivity index (χ2v) is 6.10. The Morgan fingerprint density at radius 2 is 2.05 bits per heavy atom. The number of aliphatic hydroxyl groups is 1. The molecule has 0 fully saturated rings. The molecule has 0 spiro atoms. The number of benzene rings is 2. The second-order valence-electron chi connectivity index (χ2n) is 5.66. The minimum Gasteiger partial charge on any atom is -0.493 e. The molecule has 3 heteroatoms.